The number of halogens is 1. The molecule has 1 aromatic heterocycles. The van der Waals surface area contributed by atoms with Gasteiger partial charge in [-0.25, -0.2) is 0 Å². The van der Waals surface area contributed by atoms with E-state index in [-0.39, 0.29) is 4.87 Å². The van der Waals surface area contributed by atoms with Gasteiger partial charge in [0.05, 0.1) is 0 Å². The van der Waals surface area contributed by atoms with Crippen molar-refractivity contribution in [3.05, 3.63) is 49.0 Å². The quantitative estimate of drug-likeness (QED) is 0.851. The Morgan fingerprint density at radius 2 is 2.11 bits per heavy atom. The van der Waals surface area contributed by atoms with Gasteiger partial charge in [-0.05, 0) is 37.6 Å². The number of rotatable bonds is 4. The van der Waals surface area contributed by atoms with Crippen LogP contribution in [-0.4, -0.2) is 18.2 Å². The van der Waals surface area contributed by atoms with Crippen molar-refractivity contribution >= 4 is 33.0 Å². The Hall–Kier alpha value is -1.07. The van der Waals surface area contributed by atoms with Crippen LogP contribution in [0.5, 0.6) is 0 Å². The highest BCUT2D eigenvalue weighted by molar-refractivity contribution is 9.10. The zero-order chi connectivity index (χ0) is 14.0. The molecule has 0 saturated carbocycles. The predicted molar refractivity (Wildman–Crippen MR) is 85.5 cm³/mol. The van der Waals surface area contributed by atoms with Crippen LogP contribution in [0.15, 0.2) is 32.8 Å². The van der Waals surface area contributed by atoms with E-state index in [9.17, 15) is 4.79 Å². The predicted octanol–water partition coefficient (Wildman–Crippen LogP) is 3.43. The molecule has 3 nitrogen and oxygen atoms in total. The summed E-state index contributed by atoms with van der Waals surface area (Å²) < 4.78 is 2.95. The first-order valence-electron chi connectivity index (χ1n) is 6.11. The van der Waals surface area contributed by atoms with Gasteiger partial charge in [0.2, 0.25) is 0 Å². The Kier molecular flexibility index (Phi) is 4.47. The smallest absolute Gasteiger partial charge is 0.307 e. The van der Waals surface area contributed by atoms with E-state index < -0.39 is 0 Å². The fourth-order valence-corrected chi connectivity index (χ4v) is 2.93. The maximum Gasteiger partial charge on any atom is 0.307 e. The van der Waals surface area contributed by atoms with Gasteiger partial charge in [0.1, 0.15) is 0 Å². The summed E-state index contributed by atoms with van der Waals surface area (Å²) in [7, 11) is 2.05. The first kappa shape index (κ1) is 14.3. The molecule has 0 bridgehead atoms. The number of nitrogens with zero attached hydrogens (tertiary/aromatic N) is 2. The van der Waals surface area contributed by atoms with Gasteiger partial charge in [0.25, 0.3) is 0 Å². The van der Waals surface area contributed by atoms with E-state index >= 15 is 0 Å². The molecule has 0 saturated heterocycles. The summed E-state index contributed by atoms with van der Waals surface area (Å²) in [6.07, 6.45) is 0. The monoisotopic (exact) mass is 340 g/mol. The molecule has 19 heavy (non-hydrogen) atoms. The second-order valence-corrected chi connectivity index (χ2v) is 6.32. The van der Waals surface area contributed by atoms with Crippen molar-refractivity contribution in [3.63, 3.8) is 0 Å². The summed E-state index contributed by atoms with van der Waals surface area (Å²) in [6, 6.07) is 6.29. The highest BCUT2D eigenvalue weighted by atomic mass is 79.9. The maximum absolute atomic E-state index is 11.6. The van der Waals surface area contributed by atoms with Crippen LogP contribution >= 0.6 is 27.3 Å². The van der Waals surface area contributed by atoms with Crippen molar-refractivity contribution < 1.29 is 0 Å². The number of aryl methyl sites for hydroxylation is 2. The van der Waals surface area contributed by atoms with E-state index in [1.54, 1.807) is 0 Å². The molecule has 0 aliphatic heterocycles. The SMILES string of the molecule is Cc1cc(N(C)CCn2c(C)csc2=O)ccc1Br. The minimum atomic E-state index is 0.123. The van der Waals surface area contributed by atoms with Crippen molar-refractivity contribution in [1.29, 1.82) is 0 Å². The average Bonchev–Trinajstić information content (AvgIpc) is 2.69. The highest BCUT2D eigenvalue weighted by Crippen LogP contribution is 2.22. The van der Waals surface area contributed by atoms with Crippen LogP contribution in [-0.2, 0) is 6.54 Å². The second-order valence-electron chi connectivity index (χ2n) is 4.65. The van der Waals surface area contributed by atoms with Gasteiger partial charge in [0, 0.05) is 41.4 Å². The number of benzene rings is 1. The molecule has 0 unspecified atom stereocenters. The van der Waals surface area contributed by atoms with Crippen molar-refractivity contribution in [3.8, 4) is 0 Å². The Morgan fingerprint density at radius 3 is 2.68 bits per heavy atom. The lowest BCUT2D eigenvalue weighted by atomic mass is 10.2. The van der Waals surface area contributed by atoms with Gasteiger partial charge in [-0.1, -0.05) is 27.3 Å². The van der Waals surface area contributed by atoms with Crippen molar-refractivity contribution in [2.24, 2.45) is 0 Å². The Morgan fingerprint density at radius 1 is 1.37 bits per heavy atom. The van der Waals surface area contributed by atoms with Crippen LogP contribution in [0.1, 0.15) is 11.3 Å². The molecule has 0 N–H and O–H groups in total. The Balaban J connectivity index is 2.07. The topological polar surface area (TPSA) is 25.2 Å². The molecular weight excluding hydrogens is 324 g/mol. The lowest BCUT2D eigenvalue weighted by molar-refractivity contribution is 0.658. The van der Waals surface area contributed by atoms with E-state index in [4.69, 9.17) is 0 Å². The maximum atomic E-state index is 11.6. The number of aromatic nitrogens is 1. The molecule has 1 aromatic carbocycles. The van der Waals surface area contributed by atoms with Crippen LogP contribution in [0.2, 0.25) is 0 Å². The number of anilines is 1. The average molecular weight is 341 g/mol. The largest absolute Gasteiger partial charge is 0.373 e. The Bertz CT molecular complexity index is 633. The third-order valence-corrected chi connectivity index (χ3v) is 4.99. The van der Waals surface area contributed by atoms with Crippen LogP contribution in [0.4, 0.5) is 5.69 Å². The lowest BCUT2D eigenvalue weighted by Gasteiger charge is -2.20. The van der Waals surface area contributed by atoms with E-state index in [1.165, 1.54) is 22.6 Å². The summed E-state index contributed by atoms with van der Waals surface area (Å²) in [5.74, 6) is 0. The van der Waals surface area contributed by atoms with Gasteiger partial charge >= 0.3 is 4.87 Å². The lowest BCUT2D eigenvalue weighted by Crippen LogP contribution is -2.26. The minimum Gasteiger partial charge on any atom is -0.373 e. The van der Waals surface area contributed by atoms with E-state index in [1.807, 2.05) is 16.9 Å². The summed E-state index contributed by atoms with van der Waals surface area (Å²) >= 11 is 4.77. The first-order chi connectivity index (χ1) is 8.99. The molecule has 2 rings (SSSR count). The van der Waals surface area contributed by atoms with Gasteiger partial charge in [0.15, 0.2) is 0 Å². The summed E-state index contributed by atoms with van der Waals surface area (Å²) in [5.41, 5.74) is 3.42. The zero-order valence-electron chi connectivity index (χ0n) is 11.3. The Labute approximate surface area is 125 Å². The normalized spacial score (nSPS) is 10.7. The molecule has 0 aliphatic rings. The third kappa shape index (κ3) is 3.28. The number of hydrogen-bond acceptors (Lipinski definition) is 3. The van der Waals surface area contributed by atoms with Crippen molar-refractivity contribution in [1.82, 2.24) is 4.57 Å². The third-order valence-electron chi connectivity index (χ3n) is 3.22. The van der Waals surface area contributed by atoms with Gasteiger partial charge in [-0.3, -0.25) is 4.79 Å². The van der Waals surface area contributed by atoms with Gasteiger partial charge < -0.3 is 9.47 Å². The fourth-order valence-electron chi connectivity index (χ4n) is 1.92. The zero-order valence-corrected chi connectivity index (χ0v) is 13.7. The molecule has 5 heteroatoms. The molecular formula is C14H17BrN2OS. The fraction of sp³-hybridized carbons (Fsp3) is 0.357. The van der Waals surface area contributed by atoms with Crippen LogP contribution in [0.25, 0.3) is 0 Å². The number of hydrogen-bond donors (Lipinski definition) is 0. The second kappa shape index (κ2) is 5.92. The van der Waals surface area contributed by atoms with E-state index in [2.05, 4.69) is 53.0 Å². The van der Waals surface area contributed by atoms with Crippen LogP contribution in [0, 0.1) is 13.8 Å². The molecule has 0 fully saturated rings. The van der Waals surface area contributed by atoms with E-state index in [0.29, 0.717) is 0 Å². The molecule has 0 amide bonds. The summed E-state index contributed by atoms with van der Waals surface area (Å²) in [6.45, 7) is 5.59. The van der Waals surface area contributed by atoms with Crippen molar-refractivity contribution in [2.75, 3.05) is 18.5 Å². The van der Waals surface area contributed by atoms with E-state index in [0.717, 1.165) is 23.3 Å². The standard InChI is InChI=1S/C14H17BrN2OS/c1-10-8-12(4-5-13(10)15)16(3)6-7-17-11(2)9-19-14(17)18/h4-5,8-9H,6-7H2,1-3H3. The molecule has 0 aliphatic carbocycles. The van der Waals surface area contributed by atoms with Crippen LogP contribution < -0.4 is 9.77 Å². The minimum absolute atomic E-state index is 0.123. The summed E-state index contributed by atoms with van der Waals surface area (Å²) in [5, 5.41) is 1.91. The molecule has 0 spiro atoms. The molecule has 2 aromatic rings. The van der Waals surface area contributed by atoms with Crippen molar-refractivity contribution in [2.45, 2.75) is 20.4 Å². The summed E-state index contributed by atoms with van der Waals surface area (Å²) in [4.78, 5) is 13.9. The van der Waals surface area contributed by atoms with Gasteiger partial charge in [-0.15, -0.1) is 0 Å². The molecule has 0 atom stereocenters. The molecule has 102 valence electrons. The highest BCUT2D eigenvalue weighted by Gasteiger charge is 2.06. The van der Waals surface area contributed by atoms with Gasteiger partial charge in [-0.2, -0.15) is 0 Å². The molecule has 1 heterocycles. The number of thiazole rings is 1. The van der Waals surface area contributed by atoms with Crippen LogP contribution in [0.3, 0.4) is 0 Å². The number of likely N-dealkylation sites (N-methyl/N-ethyl adjacent to an activating group) is 1. The first-order valence-corrected chi connectivity index (χ1v) is 7.78. The molecule has 0 radical (unpaired) electrons.